The van der Waals surface area contributed by atoms with Crippen molar-refractivity contribution in [2.24, 2.45) is 4.99 Å². The fourth-order valence-electron chi connectivity index (χ4n) is 3.69. The number of aliphatic imine (C=N–C) groups is 1. The van der Waals surface area contributed by atoms with Crippen molar-refractivity contribution in [2.75, 3.05) is 14.2 Å². The Balaban J connectivity index is 1.77. The van der Waals surface area contributed by atoms with Gasteiger partial charge in [-0.25, -0.2) is 0 Å². The van der Waals surface area contributed by atoms with Crippen LogP contribution < -0.4 is 14.8 Å². The SMILES string of the molecule is COc1cccc([C@H]2N=C(c3ccc(Cl)cc3)C[C@H](c3cccc(OC)c3O)N2)c1. The molecule has 0 spiro atoms. The molecule has 6 heteroatoms. The molecule has 1 aliphatic rings. The van der Waals surface area contributed by atoms with Crippen LogP contribution in [0.2, 0.25) is 5.02 Å². The third-order valence-electron chi connectivity index (χ3n) is 5.25. The van der Waals surface area contributed by atoms with Gasteiger partial charge >= 0.3 is 0 Å². The van der Waals surface area contributed by atoms with Gasteiger partial charge in [0.1, 0.15) is 11.9 Å². The van der Waals surface area contributed by atoms with Gasteiger partial charge in [-0.05, 0) is 41.5 Å². The lowest BCUT2D eigenvalue weighted by Gasteiger charge is -2.31. The predicted octanol–water partition coefficient (Wildman–Crippen LogP) is 5.29. The first-order chi connectivity index (χ1) is 14.6. The molecule has 0 bridgehead atoms. The number of nitrogens with one attached hydrogen (secondary N) is 1. The minimum absolute atomic E-state index is 0.138. The summed E-state index contributed by atoms with van der Waals surface area (Å²) in [5.74, 6) is 1.35. The molecule has 2 atom stereocenters. The molecule has 1 aliphatic heterocycles. The summed E-state index contributed by atoms with van der Waals surface area (Å²) in [5.41, 5.74) is 3.68. The zero-order chi connectivity index (χ0) is 21.1. The second-order valence-electron chi connectivity index (χ2n) is 7.08. The highest BCUT2D eigenvalue weighted by Crippen LogP contribution is 2.39. The summed E-state index contributed by atoms with van der Waals surface area (Å²) in [6.45, 7) is 0. The highest BCUT2D eigenvalue weighted by atomic mass is 35.5. The number of halogens is 1. The molecule has 0 saturated carbocycles. The number of phenols is 1. The van der Waals surface area contributed by atoms with Crippen LogP contribution in [-0.2, 0) is 0 Å². The normalized spacial score (nSPS) is 18.6. The minimum atomic E-state index is -0.296. The first-order valence-electron chi connectivity index (χ1n) is 9.67. The molecule has 0 amide bonds. The largest absolute Gasteiger partial charge is 0.504 e. The summed E-state index contributed by atoms with van der Waals surface area (Å²) < 4.78 is 10.7. The van der Waals surface area contributed by atoms with Crippen molar-refractivity contribution in [1.29, 1.82) is 0 Å². The second-order valence-corrected chi connectivity index (χ2v) is 7.52. The van der Waals surface area contributed by atoms with Gasteiger partial charge in [0.25, 0.3) is 0 Å². The zero-order valence-electron chi connectivity index (χ0n) is 16.8. The number of methoxy groups -OCH3 is 2. The Morgan fingerprint density at radius 2 is 1.77 bits per heavy atom. The van der Waals surface area contributed by atoms with E-state index in [4.69, 9.17) is 26.1 Å². The van der Waals surface area contributed by atoms with Gasteiger partial charge in [0.05, 0.1) is 14.2 Å². The Morgan fingerprint density at radius 3 is 2.50 bits per heavy atom. The molecule has 0 saturated heterocycles. The third kappa shape index (κ3) is 4.13. The van der Waals surface area contributed by atoms with Crippen LogP contribution in [-0.4, -0.2) is 25.0 Å². The number of para-hydroxylation sites is 1. The van der Waals surface area contributed by atoms with Crippen LogP contribution in [0, 0.1) is 0 Å². The van der Waals surface area contributed by atoms with Gasteiger partial charge in [0.2, 0.25) is 0 Å². The topological polar surface area (TPSA) is 63.1 Å². The van der Waals surface area contributed by atoms with Crippen molar-refractivity contribution in [3.05, 3.63) is 88.4 Å². The lowest BCUT2D eigenvalue weighted by molar-refractivity contribution is 0.360. The molecule has 0 unspecified atom stereocenters. The van der Waals surface area contributed by atoms with Crippen LogP contribution in [0.4, 0.5) is 0 Å². The molecule has 0 radical (unpaired) electrons. The molecule has 3 aromatic carbocycles. The number of aromatic hydroxyl groups is 1. The molecule has 2 N–H and O–H groups in total. The molecule has 30 heavy (non-hydrogen) atoms. The van der Waals surface area contributed by atoms with E-state index in [9.17, 15) is 5.11 Å². The van der Waals surface area contributed by atoms with Gasteiger partial charge < -0.3 is 14.6 Å². The molecule has 5 nitrogen and oxygen atoms in total. The van der Waals surface area contributed by atoms with Gasteiger partial charge in [0, 0.05) is 28.8 Å². The zero-order valence-corrected chi connectivity index (χ0v) is 17.6. The van der Waals surface area contributed by atoms with E-state index in [1.165, 1.54) is 0 Å². The Hall–Kier alpha value is -3.02. The third-order valence-corrected chi connectivity index (χ3v) is 5.51. The molecule has 3 aromatic rings. The maximum Gasteiger partial charge on any atom is 0.162 e. The van der Waals surface area contributed by atoms with Crippen LogP contribution in [0.25, 0.3) is 0 Å². The molecule has 0 fully saturated rings. The van der Waals surface area contributed by atoms with Crippen LogP contribution in [0.15, 0.2) is 71.7 Å². The Labute approximate surface area is 180 Å². The summed E-state index contributed by atoms with van der Waals surface area (Å²) in [4.78, 5) is 4.97. The summed E-state index contributed by atoms with van der Waals surface area (Å²) in [5, 5.41) is 15.0. The molecule has 0 aromatic heterocycles. The number of ether oxygens (including phenoxy) is 2. The van der Waals surface area contributed by atoms with E-state index in [0.29, 0.717) is 17.2 Å². The monoisotopic (exact) mass is 422 g/mol. The van der Waals surface area contributed by atoms with Crippen molar-refractivity contribution < 1.29 is 14.6 Å². The van der Waals surface area contributed by atoms with Gasteiger partial charge in [-0.1, -0.05) is 48.0 Å². The summed E-state index contributed by atoms with van der Waals surface area (Å²) in [6, 6.07) is 20.9. The van der Waals surface area contributed by atoms with Crippen LogP contribution in [0.5, 0.6) is 17.2 Å². The fraction of sp³-hybridized carbons (Fsp3) is 0.208. The molecule has 1 heterocycles. The molecule has 154 valence electrons. The van der Waals surface area contributed by atoms with Crippen LogP contribution >= 0.6 is 11.6 Å². The summed E-state index contributed by atoms with van der Waals surface area (Å²) in [6.07, 6.45) is 0.318. The Kier molecular flexibility index (Phi) is 5.93. The Morgan fingerprint density at radius 1 is 1.00 bits per heavy atom. The van der Waals surface area contributed by atoms with Crippen LogP contribution in [0.1, 0.15) is 35.3 Å². The molecular weight excluding hydrogens is 400 g/mol. The fourth-order valence-corrected chi connectivity index (χ4v) is 3.82. The van der Waals surface area contributed by atoms with Crippen molar-refractivity contribution in [2.45, 2.75) is 18.6 Å². The van der Waals surface area contributed by atoms with E-state index in [2.05, 4.69) is 5.32 Å². The standard InChI is InChI=1S/C24H23ClN2O3/c1-29-18-6-3-5-16(13-18)24-26-20(15-9-11-17(25)12-10-15)14-21(27-24)19-7-4-8-22(30-2)23(19)28/h3-13,21,24,27-28H,14H2,1-2H3/t21-,24+/m1/s1. The van der Waals surface area contributed by atoms with E-state index < -0.39 is 0 Å². The van der Waals surface area contributed by atoms with E-state index in [1.54, 1.807) is 20.3 Å². The second kappa shape index (κ2) is 8.78. The molecule has 4 rings (SSSR count). The molecular formula is C24H23ClN2O3. The van der Waals surface area contributed by atoms with Gasteiger partial charge in [-0.15, -0.1) is 0 Å². The average Bonchev–Trinajstić information content (AvgIpc) is 2.79. The summed E-state index contributed by atoms with van der Waals surface area (Å²) in [7, 11) is 3.19. The average molecular weight is 423 g/mol. The minimum Gasteiger partial charge on any atom is -0.504 e. The highest BCUT2D eigenvalue weighted by molar-refractivity contribution is 6.30. The smallest absolute Gasteiger partial charge is 0.162 e. The van der Waals surface area contributed by atoms with Crippen molar-refractivity contribution in [3.63, 3.8) is 0 Å². The van der Waals surface area contributed by atoms with E-state index in [-0.39, 0.29) is 18.0 Å². The van der Waals surface area contributed by atoms with Crippen molar-refractivity contribution >= 4 is 17.3 Å². The van der Waals surface area contributed by atoms with Crippen LogP contribution in [0.3, 0.4) is 0 Å². The number of nitrogens with zero attached hydrogens (tertiary/aromatic N) is 1. The van der Waals surface area contributed by atoms with E-state index >= 15 is 0 Å². The summed E-state index contributed by atoms with van der Waals surface area (Å²) >= 11 is 6.07. The van der Waals surface area contributed by atoms with Gasteiger partial charge in [-0.2, -0.15) is 0 Å². The number of hydrogen-bond acceptors (Lipinski definition) is 5. The van der Waals surface area contributed by atoms with Crippen molar-refractivity contribution in [3.8, 4) is 17.2 Å². The predicted molar refractivity (Wildman–Crippen MR) is 119 cm³/mol. The lowest BCUT2D eigenvalue weighted by Crippen LogP contribution is -2.33. The first-order valence-corrected chi connectivity index (χ1v) is 10.1. The van der Waals surface area contributed by atoms with Gasteiger partial charge in [0.15, 0.2) is 11.5 Å². The van der Waals surface area contributed by atoms with E-state index in [1.807, 2.05) is 60.7 Å². The highest BCUT2D eigenvalue weighted by Gasteiger charge is 2.28. The Bertz CT molecular complexity index is 1070. The number of benzene rings is 3. The maximum atomic E-state index is 10.7. The number of phenolic OH excluding ortho intramolecular Hbond substituents is 1. The maximum absolute atomic E-state index is 10.7. The number of rotatable bonds is 5. The quantitative estimate of drug-likeness (QED) is 0.586. The first kappa shape index (κ1) is 20.3. The van der Waals surface area contributed by atoms with Gasteiger partial charge in [-0.3, -0.25) is 10.3 Å². The number of hydrogen-bond donors (Lipinski definition) is 2. The van der Waals surface area contributed by atoms with E-state index in [0.717, 1.165) is 28.2 Å². The lowest BCUT2D eigenvalue weighted by atomic mass is 9.93. The molecule has 0 aliphatic carbocycles. The van der Waals surface area contributed by atoms with Crippen molar-refractivity contribution in [1.82, 2.24) is 5.32 Å².